The molecule has 0 unspecified atom stereocenters. The first kappa shape index (κ1) is 13.9. The molecule has 3 aromatic rings. The molecule has 0 atom stereocenters. The molecule has 4 nitrogen and oxygen atoms in total. The van der Waals surface area contributed by atoms with Crippen LogP contribution in [0.1, 0.15) is 15.2 Å². The highest BCUT2D eigenvalue weighted by Gasteiger charge is 2.08. The molecule has 1 aromatic carbocycles. The normalized spacial score (nSPS) is 10.5. The molecule has 1 N–H and O–H groups in total. The molecule has 0 saturated heterocycles. The van der Waals surface area contributed by atoms with Crippen LogP contribution in [-0.4, -0.2) is 15.5 Å². The zero-order valence-corrected chi connectivity index (χ0v) is 12.6. The van der Waals surface area contributed by atoms with Gasteiger partial charge in [-0.2, -0.15) is 0 Å². The first-order valence-corrected chi connectivity index (χ1v) is 7.52. The van der Waals surface area contributed by atoms with E-state index in [-0.39, 0.29) is 5.91 Å². The van der Waals surface area contributed by atoms with E-state index in [2.05, 4.69) is 10.3 Å². The number of thiophene rings is 1. The Labute approximate surface area is 131 Å². The lowest BCUT2D eigenvalue weighted by Crippen LogP contribution is -2.21. The van der Waals surface area contributed by atoms with Gasteiger partial charge in [-0.15, -0.1) is 11.3 Å². The van der Waals surface area contributed by atoms with Gasteiger partial charge in [-0.05, 0) is 29.8 Å². The Morgan fingerprint density at radius 1 is 1.24 bits per heavy atom. The number of amides is 1. The Kier molecular flexibility index (Phi) is 4.03. The SMILES string of the molecule is O=C(NCc1ccc(-n2ccnc2)cc1)c1ccc(Cl)s1. The lowest BCUT2D eigenvalue weighted by Gasteiger charge is -2.06. The average molecular weight is 318 g/mol. The zero-order chi connectivity index (χ0) is 14.7. The summed E-state index contributed by atoms with van der Waals surface area (Å²) in [6.45, 7) is 0.485. The molecule has 0 spiro atoms. The smallest absolute Gasteiger partial charge is 0.261 e. The molecule has 6 heteroatoms. The second-order valence-corrected chi connectivity index (χ2v) is 6.14. The maximum absolute atomic E-state index is 11.9. The van der Waals surface area contributed by atoms with Crippen molar-refractivity contribution >= 4 is 28.8 Å². The first-order chi connectivity index (χ1) is 10.2. The van der Waals surface area contributed by atoms with Gasteiger partial charge in [-0.1, -0.05) is 23.7 Å². The van der Waals surface area contributed by atoms with Gasteiger partial charge in [-0.3, -0.25) is 4.79 Å². The van der Waals surface area contributed by atoms with E-state index in [1.807, 2.05) is 35.0 Å². The highest BCUT2D eigenvalue weighted by atomic mass is 35.5. The van der Waals surface area contributed by atoms with Crippen molar-refractivity contribution in [2.24, 2.45) is 0 Å². The van der Waals surface area contributed by atoms with Gasteiger partial charge in [0.2, 0.25) is 0 Å². The van der Waals surface area contributed by atoms with Crippen LogP contribution in [0, 0.1) is 0 Å². The topological polar surface area (TPSA) is 46.9 Å². The van der Waals surface area contributed by atoms with Crippen molar-refractivity contribution in [3.63, 3.8) is 0 Å². The average Bonchev–Trinajstić information content (AvgIpc) is 3.16. The number of imidazole rings is 1. The molecule has 0 bridgehead atoms. The number of hydrogen-bond acceptors (Lipinski definition) is 3. The minimum atomic E-state index is -0.106. The number of nitrogens with zero attached hydrogens (tertiary/aromatic N) is 2. The third-order valence-corrected chi connectivity index (χ3v) is 4.22. The van der Waals surface area contributed by atoms with Crippen LogP contribution in [0.25, 0.3) is 5.69 Å². The maximum atomic E-state index is 11.9. The molecule has 3 rings (SSSR count). The van der Waals surface area contributed by atoms with Gasteiger partial charge < -0.3 is 9.88 Å². The van der Waals surface area contributed by atoms with Crippen molar-refractivity contribution in [1.29, 1.82) is 0 Å². The fraction of sp³-hybridized carbons (Fsp3) is 0.0667. The van der Waals surface area contributed by atoms with Crippen molar-refractivity contribution in [2.75, 3.05) is 0 Å². The van der Waals surface area contributed by atoms with Crippen LogP contribution in [0.5, 0.6) is 0 Å². The van der Waals surface area contributed by atoms with Crippen LogP contribution in [-0.2, 0) is 6.54 Å². The highest BCUT2D eigenvalue weighted by Crippen LogP contribution is 2.21. The standard InChI is InChI=1S/C15H12ClN3OS/c16-14-6-5-13(21-14)15(20)18-9-11-1-3-12(4-2-11)19-8-7-17-10-19/h1-8,10H,9H2,(H,18,20). The Bertz CT molecular complexity index is 735. The van der Waals surface area contributed by atoms with E-state index in [4.69, 9.17) is 11.6 Å². The second-order valence-electron chi connectivity index (χ2n) is 4.42. The molecule has 0 aliphatic carbocycles. The number of benzene rings is 1. The predicted octanol–water partition coefficient (Wildman–Crippen LogP) is 3.52. The minimum absolute atomic E-state index is 0.106. The van der Waals surface area contributed by atoms with Crippen LogP contribution in [0.3, 0.4) is 0 Å². The Morgan fingerprint density at radius 3 is 2.67 bits per heavy atom. The Morgan fingerprint density at radius 2 is 2.05 bits per heavy atom. The van der Waals surface area contributed by atoms with E-state index in [1.165, 1.54) is 11.3 Å². The molecule has 0 saturated carbocycles. The highest BCUT2D eigenvalue weighted by molar-refractivity contribution is 7.17. The van der Waals surface area contributed by atoms with E-state index in [9.17, 15) is 4.79 Å². The number of carbonyl (C=O) groups excluding carboxylic acids is 1. The largest absolute Gasteiger partial charge is 0.347 e. The fourth-order valence-corrected chi connectivity index (χ4v) is 2.86. The first-order valence-electron chi connectivity index (χ1n) is 6.33. The predicted molar refractivity (Wildman–Crippen MR) is 84.1 cm³/mol. The van der Waals surface area contributed by atoms with Gasteiger partial charge in [-0.25, -0.2) is 4.98 Å². The van der Waals surface area contributed by atoms with Crippen molar-refractivity contribution in [3.8, 4) is 5.69 Å². The molecule has 0 aliphatic rings. The molecule has 0 fully saturated rings. The third kappa shape index (κ3) is 3.32. The maximum Gasteiger partial charge on any atom is 0.261 e. The van der Waals surface area contributed by atoms with E-state index in [1.54, 1.807) is 24.7 Å². The summed E-state index contributed by atoms with van der Waals surface area (Å²) in [5.41, 5.74) is 2.07. The number of halogens is 1. The van der Waals surface area contributed by atoms with E-state index in [0.717, 1.165) is 11.3 Å². The van der Waals surface area contributed by atoms with Gasteiger partial charge in [0.05, 0.1) is 15.5 Å². The Balaban J connectivity index is 1.62. The summed E-state index contributed by atoms with van der Waals surface area (Å²) >= 11 is 7.09. The monoisotopic (exact) mass is 317 g/mol. The van der Waals surface area contributed by atoms with Gasteiger partial charge in [0.25, 0.3) is 5.91 Å². The fourth-order valence-electron chi connectivity index (χ4n) is 1.90. The van der Waals surface area contributed by atoms with Gasteiger partial charge in [0.15, 0.2) is 0 Å². The van der Waals surface area contributed by atoms with Crippen LogP contribution >= 0.6 is 22.9 Å². The quantitative estimate of drug-likeness (QED) is 0.800. The molecule has 106 valence electrons. The van der Waals surface area contributed by atoms with Gasteiger partial charge in [0.1, 0.15) is 0 Å². The summed E-state index contributed by atoms with van der Waals surface area (Å²) < 4.78 is 2.54. The summed E-state index contributed by atoms with van der Waals surface area (Å²) in [4.78, 5) is 16.5. The molecule has 1 amide bonds. The van der Waals surface area contributed by atoms with E-state index >= 15 is 0 Å². The summed E-state index contributed by atoms with van der Waals surface area (Å²) in [6, 6.07) is 11.4. The van der Waals surface area contributed by atoms with Gasteiger partial charge >= 0.3 is 0 Å². The van der Waals surface area contributed by atoms with Gasteiger partial charge in [0, 0.05) is 24.6 Å². The van der Waals surface area contributed by atoms with Crippen LogP contribution in [0.4, 0.5) is 0 Å². The second kappa shape index (κ2) is 6.11. The number of nitrogens with one attached hydrogen (secondary N) is 1. The molecular weight excluding hydrogens is 306 g/mol. The van der Waals surface area contributed by atoms with Crippen molar-refractivity contribution in [1.82, 2.24) is 14.9 Å². The lowest BCUT2D eigenvalue weighted by molar-refractivity contribution is 0.0955. The van der Waals surface area contributed by atoms with Crippen molar-refractivity contribution < 1.29 is 4.79 Å². The molecule has 0 radical (unpaired) electrons. The molecule has 21 heavy (non-hydrogen) atoms. The number of hydrogen-bond donors (Lipinski definition) is 1. The summed E-state index contributed by atoms with van der Waals surface area (Å²) in [5.74, 6) is -0.106. The Hall–Kier alpha value is -2.11. The van der Waals surface area contributed by atoms with Crippen molar-refractivity contribution in [3.05, 3.63) is 69.9 Å². The summed E-state index contributed by atoms with van der Waals surface area (Å²) in [5, 5.41) is 2.88. The summed E-state index contributed by atoms with van der Waals surface area (Å²) in [6.07, 6.45) is 5.37. The number of aromatic nitrogens is 2. The van der Waals surface area contributed by atoms with Crippen LogP contribution in [0.2, 0.25) is 4.34 Å². The zero-order valence-electron chi connectivity index (χ0n) is 11.0. The summed E-state index contributed by atoms with van der Waals surface area (Å²) in [7, 11) is 0. The van der Waals surface area contributed by atoms with Crippen LogP contribution in [0.15, 0.2) is 55.1 Å². The van der Waals surface area contributed by atoms with Crippen molar-refractivity contribution in [2.45, 2.75) is 6.54 Å². The molecular formula is C15H12ClN3OS. The van der Waals surface area contributed by atoms with E-state index in [0.29, 0.717) is 15.8 Å². The lowest BCUT2D eigenvalue weighted by atomic mass is 10.2. The van der Waals surface area contributed by atoms with E-state index < -0.39 is 0 Å². The number of carbonyl (C=O) groups is 1. The third-order valence-electron chi connectivity index (χ3n) is 2.99. The van der Waals surface area contributed by atoms with Crippen LogP contribution < -0.4 is 5.32 Å². The molecule has 2 aromatic heterocycles. The number of rotatable bonds is 4. The minimum Gasteiger partial charge on any atom is -0.347 e. The molecule has 0 aliphatic heterocycles. The molecule has 2 heterocycles.